The average Bonchev–Trinajstić information content (AvgIpc) is 2.37. The number of hydrogen-bond acceptors (Lipinski definition) is 3. The van der Waals surface area contributed by atoms with Gasteiger partial charge >= 0.3 is 0 Å². The lowest BCUT2D eigenvalue weighted by Crippen LogP contribution is -1.99. The first kappa shape index (κ1) is 11.9. The zero-order valence-electron chi connectivity index (χ0n) is 9.39. The molecule has 0 fully saturated rings. The van der Waals surface area contributed by atoms with Crippen molar-refractivity contribution in [2.75, 3.05) is 7.11 Å². The first-order valence-corrected chi connectivity index (χ1v) is 5.96. The average molecular weight is 294 g/mol. The lowest BCUT2D eigenvalue weighted by molar-refractivity contribution is 0.280. The van der Waals surface area contributed by atoms with Gasteiger partial charge in [0.15, 0.2) is 11.5 Å². The monoisotopic (exact) mass is 293 g/mol. The van der Waals surface area contributed by atoms with E-state index in [2.05, 4.69) is 20.9 Å². The van der Waals surface area contributed by atoms with E-state index in [0.29, 0.717) is 6.61 Å². The summed E-state index contributed by atoms with van der Waals surface area (Å²) in [5.74, 6) is 1.44. The number of halogens is 1. The van der Waals surface area contributed by atoms with Crippen LogP contribution in [0.15, 0.2) is 47.1 Å². The summed E-state index contributed by atoms with van der Waals surface area (Å²) in [6.07, 6.45) is 0. The van der Waals surface area contributed by atoms with E-state index in [1.54, 1.807) is 7.11 Å². The van der Waals surface area contributed by atoms with Crippen LogP contribution in [0.5, 0.6) is 11.5 Å². The van der Waals surface area contributed by atoms with Crippen LogP contribution in [0.1, 0.15) is 5.69 Å². The number of aromatic nitrogens is 1. The third-order valence-corrected chi connectivity index (χ3v) is 2.66. The van der Waals surface area contributed by atoms with Crippen molar-refractivity contribution in [3.05, 3.63) is 52.8 Å². The van der Waals surface area contributed by atoms with Crippen molar-refractivity contribution in [1.29, 1.82) is 0 Å². The fourth-order valence-electron chi connectivity index (χ4n) is 1.42. The Morgan fingerprint density at radius 1 is 1.06 bits per heavy atom. The molecule has 0 amide bonds. The van der Waals surface area contributed by atoms with Gasteiger partial charge in [0.25, 0.3) is 0 Å². The molecule has 0 unspecified atom stereocenters. The maximum Gasteiger partial charge on any atom is 0.161 e. The van der Waals surface area contributed by atoms with Crippen molar-refractivity contribution in [3.63, 3.8) is 0 Å². The molecule has 0 aliphatic heterocycles. The Bertz CT molecular complexity index is 502. The van der Waals surface area contributed by atoms with Gasteiger partial charge in [-0.25, -0.2) is 4.98 Å². The number of pyridine rings is 1. The molecule has 0 saturated heterocycles. The van der Waals surface area contributed by atoms with Crippen LogP contribution in [0.3, 0.4) is 0 Å². The fourth-order valence-corrected chi connectivity index (χ4v) is 1.80. The van der Waals surface area contributed by atoms with Crippen molar-refractivity contribution in [1.82, 2.24) is 4.98 Å². The topological polar surface area (TPSA) is 31.4 Å². The van der Waals surface area contributed by atoms with E-state index in [-0.39, 0.29) is 0 Å². The Hall–Kier alpha value is -1.55. The smallest absolute Gasteiger partial charge is 0.161 e. The molecule has 0 bridgehead atoms. The highest BCUT2D eigenvalue weighted by Gasteiger charge is 2.03. The minimum absolute atomic E-state index is 0.416. The summed E-state index contributed by atoms with van der Waals surface area (Å²) >= 11 is 3.33. The van der Waals surface area contributed by atoms with Gasteiger partial charge in [0.2, 0.25) is 0 Å². The summed E-state index contributed by atoms with van der Waals surface area (Å²) in [6, 6.07) is 13.3. The first-order valence-electron chi connectivity index (χ1n) is 5.17. The van der Waals surface area contributed by atoms with E-state index in [1.165, 1.54) is 0 Å². The molecular formula is C13H12BrNO2. The Kier molecular flexibility index (Phi) is 3.98. The molecule has 4 heteroatoms. The quantitative estimate of drug-likeness (QED) is 0.810. The molecule has 0 atom stereocenters. The maximum atomic E-state index is 5.66. The highest BCUT2D eigenvalue weighted by atomic mass is 79.9. The number of benzene rings is 1. The second-order valence-electron chi connectivity index (χ2n) is 3.39. The second kappa shape index (κ2) is 5.68. The van der Waals surface area contributed by atoms with Crippen molar-refractivity contribution >= 4 is 15.9 Å². The molecule has 0 radical (unpaired) electrons. The summed E-state index contributed by atoms with van der Waals surface area (Å²) in [5, 5.41) is 0. The van der Waals surface area contributed by atoms with Gasteiger partial charge in [0, 0.05) is 0 Å². The standard InChI is InChI=1S/C13H12BrNO2/c1-16-11-6-2-3-7-12(11)17-9-10-5-4-8-13(14)15-10/h2-8H,9H2,1H3. The molecular weight excluding hydrogens is 282 g/mol. The van der Waals surface area contributed by atoms with Crippen LogP contribution in [-0.2, 0) is 6.61 Å². The molecule has 2 rings (SSSR count). The Morgan fingerprint density at radius 3 is 2.53 bits per heavy atom. The lowest BCUT2D eigenvalue weighted by atomic mass is 10.3. The SMILES string of the molecule is COc1ccccc1OCc1cccc(Br)n1. The molecule has 1 aromatic carbocycles. The van der Waals surface area contributed by atoms with Gasteiger partial charge in [-0.2, -0.15) is 0 Å². The van der Waals surface area contributed by atoms with Gasteiger partial charge < -0.3 is 9.47 Å². The molecule has 88 valence electrons. The summed E-state index contributed by atoms with van der Waals surface area (Å²) < 4.78 is 11.7. The van der Waals surface area contributed by atoms with Crippen LogP contribution in [0.2, 0.25) is 0 Å². The number of rotatable bonds is 4. The van der Waals surface area contributed by atoms with Crippen LogP contribution in [0.25, 0.3) is 0 Å². The van der Waals surface area contributed by atoms with E-state index in [0.717, 1.165) is 21.8 Å². The van der Waals surface area contributed by atoms with E-state index in [4.69, 9.17) is 9.47 Å². The van der Waals surface area contributed by atoms with Crippen molar-refractivity contribution < 1.29 is 9.47 Å². The normalized spacial score (nSPS) is 10.0. The Labute approximate surface area is 109 Å². The second-order valence-corrected chi connectivity index (χ2v) is 4.20. The number of para-hydroxylation sites is 2. The molecule has 0 saturated carbocycles. The van der Waals surface area contributed by atoms with Gasteiger partial charge in [0.05, 0.1) is 12.8 Å². The summed E-state index contributed by atoms with van der Waals surface area (Å²) in [5.41, 5.74) is 0.866. The summed E-state index contributed by atoms with van der Waals surface area (Å²) in [7, 11) is 1.62. The molecule has 1 heterocycles. The molecule has 1 aromatic heterocycles. The van der Waals surface area contributed by atoms with E-state index in [9.17, 15) is 0 Å². The maximum absolute atomic E-state index is 5.66. The first-order chi connectivity index (χ1) is 8.29. The number of hydrogen-bond donors (Lipinski definition) is 0. The molecule has 0 aliphatic rings. The molecule has 3 nitrogen and oxygen atoms in total. The van der Waals surface area contributed by atoms with E-state index in [1.807, 2.05) is 42.5 Å². The van der Waals surface area contributed by atoms with Crippen LogP contribution < -0.4 is 9.47 Å². The minimum Gasteiger partial charge on any atom is -0.493 e. The van der Waals surface area contributed by atoms with E-state index >= 15 is 0 Å². The Balaban J connectivity index is 2.07. The minimum atomic E-state index is 0.416. The van der Waals surface area contributed by atoms with Crippen LogP contribution in [-0.4, -0.2) is 12.1 Å². The number of ether oxygens (including phenoxy) is 2. The Morgan fingerprint density at radius 2 is 1.82 bits per heavy atom. The molecule has 0 spiro atoms. The van der Waals surface area contributed by atoms with Crippen LogP contribution >= 0.6 is 15.9 Å². The molecule has 2 aromatic rings. The van der Waals surface area contributed by atoms with Crippen molar-refractivity contribution in [2.45, 2.75) is 6.61 Å². The van der Waals surface area contributed by atoms with Crippen LogP contribution in [0, 0.1) is 0 Å². The van der Waals surface area contributed by atoms with Gasteiger partial charge in [-0.3, -0.25) is 0 Å². The van der Waals surface area contributed by atoms with Gasteiger partial charge in [0.1, 0.15) is 11.2 Å². The van der Waals surface area contributed by atoms with Crippen LogP contribution in [0.4, 0.5) is 0 Å². The fraction of sp³-hybridized carbons (Fsp3) is 0.154. The molecule has 0 aliphatic carbocycles. The third kappa shape index (κ3) is 3.20. The summed E-state index contributed by atoms with van der Waals surface area (Å²) in [6.45, 7) is 0.416. The predicted octanol–water partition coefficient (Wildman–Crippen LogP) is 3.43. The largest absolute Gasteiger partial charge is 0.493 e. The lowest BCUT2D eigenvalue weighted by Gasteiger charge is -2.09. The van der Waals surface area contributed by atoms with E-state index < -0.39 is 0 Å². The molecule has 0 N–H and O–H groups in total. The van der Waals surface area contributed by atoms with Crippen molar-refractivity contribution in [2.24, 2.45) is 0 Å². The highest BCUT2D eigenvalue weighted by Crippen LogP contribution is 2.26. The summed E-state index contributed by atoms with van der Waals surface area (Å²) in [4.78, 5) is 4.29. The predicted molar refractivity (Wildman–Crippen MR) is 69.3 cm³/mol. The zero-order valence-corrected chi connectivity index (χ0v) is 11.0. The third-order valence-electron chi connectivity index (χ3n) is 2.22. The molecule has 17 heavy (non-hydrogen) atoms. The highest BCUT2D eigenvalue weighted by molar-refractivity contribution is 9.10. The van der Waals surface area contributed by atoms with Gasteiger partial charge in [-0.05, 0) is 40.2 Å². The van der Waals surface area contributed by atoms with Gasteiger partial charge in [-0.15, -0.1) is 0 Å². The zero-order chi connectivity index (χ0) is 12.1. The van der Waals surface area contributed by atoms with Gasteiger partial charge in [-0.1, -0.05) is 18.2 Å². The van der Waals surface area contributed by atoms with Crippen molar-refractivity contribution in [3.8, 4) is 11.5 Å². The number of methoxy groups -OCH3 is 1. The number of nitrogens with zero attached hydrogens (tertiary/aromatic N) is 1.